The monoisotopic (exact) mass is 283 g/mol. The van der Waals surface area contributed by atoms with E-state index in [9.17, 15) is 0 Å². The van der Waals surface area contributed by atoms with Crippen molar-refractivity contribution in [1.82, 2.24) is 19.7 Å². The Morgan fingerprint density at radius 3 is 2.67 bits per heavy atom. The summed E-state index contributed by atoms with van der Waals surface area (Å²) < 4.78 is 2.15. The fraction of sp³-hybridized carbons (Fsp3) is 0.562. The molecule has 0 aromatic carbocycles. The first-order valence-corrected chi connectivity index (χ1v) is 8.02. The minimum Gasteiger partial charge on any atom is -0.354 e. The third-order valence-corrected chi connectivity index (χ3v) is 4.80. The average Bonchev–Trinajstić information content (AvgIpc) is 3.00. The molecule has 0 radical (unpaired) electrons. The highest BCUT2D eigenvalue weighted by Gasteiger charge is 2.30. The highest BCUT2D eigenvalue weighted by Crippen LogP contribution is 2.38. The van der Waals surface area contributed by atoms with Gasteiger partial charge in [-0.15, -0.1) is 5.10 Å². The van der Waals surface area contributed by atoms with Crippen LogP contribution in [0.2, 0.25) is 0 Å². The number of aromatic nitrogens is 4. The van der Waals surface area contributed by atoms with E-state index < -0.39 is 0 Å². The molecule has 1 N–H and O–H groups in total. The minimum absolute atomic E-state index is 0.518. The summed E-state index contributed by atoms with van der Waals surface area (Å²) in [5.41, 5.74) is 1.04. The number of rotatable bonds is 2. The largest absolute Gasteiger partial charge is 0.354 e. The maximum Gasteiger partial charge on any atom is 0.221 e. The summed E-state index contributed by atoms with van der Waals surface area (Å²) in [5.74, 6) is 2.51. The SMILES string of the molecule is c1cc(-c2nc3n(n2)C(C2CCCCC2)CCN3)ccn1. The second-order valence-corrected chi connectivity index (χ2v) is 6.12. The molecule has 1 unspecified atom stereocenters. The molecule has 1 saturated carbocycles. The van der Waals surface area contributed by atoms with E-state index in [1.807, 2.05) is 12.1 Å². The van der Waals surface area contributed by atoms with Crippen molar-refractivity contribution in [3.05, 3.63) is 24.5 Å². The molecule has 5 heteroatoms. The Kier molecular flexibility index (Phi) is 3.33. The third-order valence-electron chi connectivity index (χ3n) is 4.80. The van der Waals surface area contributed by atoms with Crippen molar-refractivity contribution >= 4 is 5.95 Å². The molecule has 2 aromatic heterocycles. The normalized spacial score (nSPS) is 22.6. The van der Waals surface area contributed by atoms with Gasteiger partial charge in [-0.05, 0) is 37.3 Å². The van der Waals surface area contributed by atoms with Crippen LogP contribution in [0, 0.1) is 5.92 Å². The lowest BCUT2D eigenvalue weighted by Gasteiger charge is -2.33. The highest BCUT2D eigenvalue weighted by atomic mass is 15.4. The van der Waals surface area contributed by atoms with Crippen LogP contribution in [-0.4, -0.2) is 26.3 Å². The zero-order chi connectivity index (χ0) is 14.1. The molecular formula is C16H21N5. The van der Waals surface area contributed by atoms with Crippen molar-refractivity contribution in [1.29, 1.82) is 0 Å². The number of nitrogens with one attached hydrogen (secondary N) is 1. The smallest absolute Gasteiger partial charge is 0.221 e. The maximum atomic E-state index is 4.79. The molecule has 1 aliphatic heterocycles. The summed E-state index contributed by atoms with van der Waals surface area (Å²) in [6.07, 6.45) is 11.6. The molecule has 0 spiro atoms. The summed E-state index contributed by atoms with van der Waals surface area (Å²) >= 11 is 0. The van der Waals surface area contributed by atoms with E-state index in [0.29, 0.717) is 6.04 Å². The van der Waals surface area contributed by atoms with Crippen molar-refractivity contribution in [2.45, 2.75) is 44.6 Å². The molecule has 3 heterocycles. The van der Waals surface area contributed by atoms with Crippen LogP contribution in [0.4, 0.5) is 5.95 Å². The van der Waals surface area contributed by atoms with E-state index in [2.05, 4.69) is 20.0 Å². The number of fused-ring (bicyclic) bond motifs is 1. The van der Waals surface area contributed by atoms with Crippen LogP contribution >= 0.6 is 0 Å². The van der Waals surface area contributed by atoms with E-state index >= 15 is 0 Å². The van der Waals surface area contributed by atoms with E-state index in [1.54, 1.807) is 12.4 Å². The second kappa shape index (κ2) is 5.47. The molecule has 0 bridgehead atoms. The fourth-order valence-electron chi connectivity index (χ4n) is 3.71. The summed E-state index contributed by atoms with van der Waals surface area (Å²) in [6, 6.07) is 4.46. The van der Waals surface area contributed by atoms with Crippen molar-refractivity contribution in [2.75, 3.05) is 11.9 Å². The summed E-state index contributed by atoms with van der Waals surface area (Å²) in [5, 5.41) is 8.19. The Morgan fingerprint density at radius 2 is 1.86 bits per heavy atom. The number of pyridine rings is 1. The van der Waals surface area contributed by atoms with Crippen molar-refractivity contribution in [2.24, 2.45) is 5.92 Å². The third kappa shape index (κ3) is 2.41. The zero-order valence-corrected chi connectivity index (χ0v) is 12.2. The van der Waals surface area contributed by atoms with Crippen LogP contribution in [0.5, 0.6) is 0 Å². The van der Waals surface area contributed by atoms with Gasteiger partial charge in [0, 0.05) is 24.5 Å². The lowest BCUT2D eigenvalue weighted by molar-refractivity contribution is 0.222. The fourth-order valence-corrected chi connectivity index (χ4v) is 3.71. The van der Waals surface area contributed by atoms with Gasteiger partial charge in [-0.1, -0.05) is 19.3 Å². The molecule has 0 saturated heterocycles. The van der Waals surface area contributed by atoms with Crippen LogP contribution in [0.15, 0.2) is 24.5 Å². The lowest BCUT2D eigenvalue weighted by atomic mass is 9.82. The second-order valence-electron chi connectivity index (χ2n) is 6.12. The first-order chi connectivity index (χ1) is 10.4. The minimum atomic E-state index is 0.518. The molecule has 4 rings (SSSR count). The molecule has 2 aliphatic rings. The quantitative estimate of drug-likeness (QED) is 0.919. The van der Waals surface area contributed by atoms with Gasteiger partial charge in [-0.3, -0.25) is 4.98 Å². The van der Waals surface area contributed by atoms with Crippen LogP contribution in [0.3, 0.4) is 0 Å². The molecule has 1 aliphatic carbocycles. The summed E-state index contributed by atoms with van der Waals surface area (Å²) in [7, 11) is 0. The molecule has 110 valence electrons. The van der Waals surface area contributed by atoms with Gasteiger partial charge in [0.25, 0.3) is 0 Å². The van der Waals surface area contributed by atoms with Crippen LogP contribution < -0.4 is 5.32 Å². The van der Waals surface area contributed by atoms with Crippen LogP contribution in [0.25, 0.3) is 11.4 Å². The van der Waals surface area contributed by atoms with Crippen molar-refractivity contribution in [3.8, 4) is 11.4 Å². The molecule has 5 nitrogen and oxygen atoms in total. The number of anilines is 1. The molecule has 1 fully saturated rings. The maximum absolute atomic E-state index is 4.79. The first kappa shape index (κ1) is 12.8. The van der Waals surface area contributed by atoms with Gasteiger partial charge in [0.2, 0.25) is 5.95 Å². The molecule has 0 amide bonds. The van der Waals surface area contributed by atoms with E-state index in [1.165, 1.54) is 32.1 Å². The van der Waals surface area contributed by atoms with Crippen molar-refractivity contribution < 1.29 is 0 Å². The number of nitrogens with zero attached hydrogens (tertiary/aromatic N) is 4. The summed E-state index contributed by atoms with van der Waals surface area (Å²) in [6.45, 7) is 1.01. The van der Waals surface area contributed by atoms with E-state index in [0.717, 1.165) is 36.2 Å². The van der Waals surface area contributed by atoms with Gasteiger partial charge in [-0.25, -0.2) is 4.68 Å². The standard InChI is InChI=1S/C16H21N5/c1-2-4-12(5-3-1)14-8-11-18-16-19-15(20-21(14)16)13-6-9-17-10-7-13/h6-7,9-10,12,14H,1-5,8,11H2,(H,18,19,20). The van der Waals surface area contributed by atoms with Gasteiger partial charge in [-0.2, -0.15) is 4.98 Å². The van der Waals surface area contributed by atoms with Gasteiger partial charge in [0.15, 0.2) is 5.82 Å². The van der Waals surface area contributed by atoms with Crippen LogP contribution in [0.1, 0.15) is 44.6 Å². The topological polar surface area (TPSA) is 55.6 Å². The molecular weight excluding hydrogens is 262 g/mol. The Labute approximate surface area is 124 Å². The van der Waals surface area contributed by atoms with Crippen molar-refractivity contribution in [3.63, 3.8) is 0 Å². The van der Waals surface area contributed by atoms with Gasteiger partial charge >= 0.3 is 0 Å². The molecule has 1 atom stereocenters. The highest BCUT2D eigenvalue weighted by molar-refractivity contribution is 5.55. The summed E-state index contributed by atoms with van der Waals surface area (Å²) in [4.78, 5) is 8.74. The average molecular weight is 283 g/mol. The Hall–Kier alpha value is -1.91. The van der Waals surface area contributed by atoms with E-state index in [4.69, 9.17) is 5.10 Å². The number of hydrogen-bond donors (Lipinski definition) is 1. The van der Waals surface area contributed by atoms with Gasteiger partial charge in [0.1, 0.15) is 0 Å². The van der Waals surface area contributed by atoms with E-state index in [-0.39, 0.29) is 0 Å². The zero-order valence-electron chi connectivity index (χ0n) is 12.2. The Bertz CT molecular complexity index is 600. The lowest BCUT2D eigenvalue weighted by Crippen LogP contribution is -2.30. The first-order valence-electron chi connectivity index (χ1n) is 8.02. The predicted octanol–water partition coefficient (Wildman–Crippen LogP) is 3.28. The Balaban J connectivity index is 1.66. The van der Waals surface area contributed by atoms with Gasteiger partial charge < -0.3 is 5.32 Å². The van der Waals surface area contributed by atoms with Gasteiger partial charge in [0.05, 0.1) is 6.04 Å². The predicted molar refractivity (Wildman–Crippen MR) is 82.0 cm³/mol. The van der Waals surface area contributed by atoms with Crippen LogP contribution in [-0.2, 0) is 0 Å². The number of hydrogen-bond acceptors (Lipinski definition) is 4. The molecule has 21 heavy (non-hydrogen) atoms. The molecule has 2 aromatic rings. The Morgan fingerprint density at radius 1 is 1.05 bits per heavy atom.